The van der Waals surface area contributed by atoms with Crippen molar-refractivity contribution >= 4 is 93.7 Å². The van der Waals surface area contributed by atoms with Gasteiger partial charge in [-0.3, -0.25) is 0 Å². The van der Waals surface area contributed by atoms with Crippen molar-refractivity contribution in [3.8, 4) is 22.3 Å². The van der Waals surface area contributed by atoms with Gasteiger partial charge in [0.05, 0.1) is 17.1 Å². The van der Waals surface area contributed by atoms with Crippen molar-refractivity contribution in [1.82, 2.24) is 0 Å². The first-order valence-corrected chi connectivity index (χ1v) is 18.9. The van der Waals surface area contributed by atoms with Crippen LogP contribution >= 0.6 is 0 Å². The SMILES string of the molecule is c1ccc(-c2ccccc2N(c2ccc3c(c2)oc2c(-c4ccc5ccccc5c4)c4c(cc23)oc2ccccc24)c2cccc3c2oc2ccccc23)cc1. The highest BCUT2D eigenvalue weighted by molar-refractivity contribution is 6.24. The molecule has 4 heteroatoms. The zero-order valence-corrected chi connectivity index (χ0v) is 30.1. The highest BCUT2D eigenvalue weighted by Gasteiger charge is 2.25. The highest BCUT2D eigenvalue weighted by atomic mass is 16.3. The molecule has 0 radical (unpaired) electrons. The summed E-state index contributed by atoms with van der Waals surface area (Å²) in [5.41, 5.74) is 12.3. The predicted octanol–water partition coefficient (Wildman–Crippen LogP) is 15.3. The van der Waals surface area contributed by atoms with Crippen LogP contribution in [0.2, 0.25) is 0 Å². The molecule has 0 amide bonds. The fraction of sp³-hybridized carbons (Fsp3) is 0. The molecule has 0 atom stereocenters. The average molecular weight is 718 g/mol. The zero-order valence-electron chi connectivity index (χ0n) is 30.1. The van der Waals surface area contributed by atoms with E-state index >= 15 is 0 Å². The Labute approximate surface area is 321 Å². The fourth-order valence-corrected chi connectivity index (χ4v) is 8.71. The van der Waals surface area contributed by atoms with Crippen LogP contribution in [0.15, 0.2) is 201 Å². The van der Waals surface area contributed by atoms with Crippen molar-refractivity contribution in [3.05, 3.63) is 188 Å². The number of rotatable bonds is 5. The minimum absolute atomic E-state index is 0.787. The highest BCUT2D eigenvalue weighted by Crippen LogP contribution is 2.49. The molecule has 12 rings (SSSR count). The molecule has 0 N–H and O–H groups in total. The van der Waals surface area contributed by atoms with Crippen LogP contribution in [-0.2, 0) is 0 Å². The third kappa shape index (κ3) is 4.60. The van der Waals surface area contributed by atoms with E-state index in [9.17, 15) is 0 Å². The number of hydrogen-bond acceptors (Lipinski definition) is 4. The quantitative estimate of drug-likeness (QED) is 0.178. The summed E-state index contributed by atoms with van der Waals surface area (Å²) in [4.78, 5) is 2.31. The third-order valence-corrected chi connectivity index (χ3v) is 11.2. The van der Waals surface area contributed by atoms with Crippen molar-refractivity contribution < 1.29 is 13.3 Å². The van der Waals surface area contributed by atoms with Gasteiger partial charge in [0.25, 0.3) is 0 Å². The lowest BCUT2D eigenvalue weighted by Crippen LogP contribution is -2.11. The molecule has 262 valence electrons. The maximum Gasteiger partial charge on any atom is 0.159 e. The Morgan fingerprint density at radius 1 is 0.339 bits per heavy atom. The Kier molecular flexibility index (Phi) is 6.60. The van der Waals surface area contributed by atoms with Crippen LogP contribution < -0.4 is 4.90 Å². The van der Waals surface area contributed by atoms with E-state index < -0.39 is 0 Å². The summed E-state index contributed by atoms with van der Waals surface area (Å²) in [6.45, 7) is 0. The molecule has 0 bridgehead atoms. The van der Waals surface area contributed by atoms with Gasteiger partial charge in [0.2, 0.25) is 0 Å². The van der Waals surface area contributed by atoms with Crippen molar-refractivity contribution in [3.63, 3.8) is 0 Å². The molecule has 0 unspecified atom stereocenters. The van der Waals surface area contributed by atoms with E-state index in [4.69, 9.17) is 13.3 Å². The smallest absolute Gasteiger partial charge is 0.159 e. The van der Waals surface area contributed by atoms with Crippen LogP contribution in [0.4, 0.5) is 17.1 Å². The van der Waals surface area contributed by atoms with Crippen molar-refractivity contribution in [2.45, 2.75) is 0 Å². The molecule has 0 saturated carbocycles. The van der Waals surface area contributed by atoms with Crippen molar-refractivity contribution in [2.24, 2.45) is 0 Å². The third-order valence-electron chi connectivity index (χ3n) is 11.2. The first kappa shape index (κ1) is 30.9. The average Bonchev–Trinajstić information content (AvgIpc) is 3.94. The molecule has 0 aliphatic rings. The molecular formula is C52H31NO3. The Bertz CT molecular complexity index is 3500. The van der Waals surface area contributed by atoms with Crippen LogP contribution in [0.5, 0.6) is 0 Å². The van der Waals surface area contributed by atoms with Crippen LogP contribution in [-0.4, -0.2) is 0 Å². The van der Waals surface area contributed by atoms with E-state index in [-0.39, 0.29) is 0 Å². The predicted molar refractivity (Wildman–Crippen MR) is 231 cm³/mol. The number of para-hydroxylation sites is 4. The molecule has 9 aromatic carbocycles. The molecule has 4 nitrogen and oxygen atoms in total. The minimum Gasteiger partial charge on any atom is -0.456 e. The lowest BCUT2D eigenvalue weighted by molar-refractivity contribution is 0.664. The Morgan fingerprint density at radius 3 is 1.91 bits per heavy atom. The molecule has 12 aromatic rings. The fourth-order valence-electron chi connectivity index (χ4n) is 8.71. The summed E-state index contributed by atoms with van der Waals surface area (Å²) in [7, 11) is 0. The maximum atomic E-state index is 7.10. The Balaban J connectivity index is 1.14. The largest absolute Gasteiger partial charge is 0.456 e. The van der Waals surface area contributed by atoms with Crippen LogP contribution in [0.25, 0.3) is 98.8 Å². The van der Waals surface area contributed by atoms with E-state index in [1.807, 2.05) is 24.3 Å². The number of furan rings is 3. The van der Waals surface area contributed by atoms with Gasteiger partial charge >= 0.3 is 0 Å². The number of fused-ring (bicyclic) bond motifs is 10. The number of nitrogens with zero attached hydrogens (tertiary/aromatic N) is 1. The first-order valence-electron chi connectivity index (χ1n) is 18.9. The monoisotopic (exact) mass is 717 g/mol. The second-order valence-corrected chi connectivity index (χ2v) is 14.4. The number of anilines is 3. The van der Waals surface area contributed by atoms with Gasteiger partial charge in [-0.2, -0.15) is 0 Å². The van der Waals surface area contributed by atoms with Gasteiger partial charge in [0.15, 0.2) is 5.58 Å². The van der Waals surface area contributed by atoms with E-state index in [0.717, 1.165) is 105 Å². The lowest BCUT2D eigenvalue weighted by atomic mass is 9.95. The minimum atomic E-state index is 0.787. The molecule has 3 heterocycles. The van der Waals surface area contributed by atoms with Gasteiger partial charge in [-0.15, -0.1) is 0 Å². The summed E-state index contributed by atoms with van der Waals surface area (Å²) in [6, 6.07) is 65.9. The summed E-state index contributed by atoms with van der Waals surface area (Å²) in [6.07, 6.45) is 0. The second-order valence-electron chi connectivity index (χ2n) is 14.4. The van der Waals surface area contributed by atoms with Crippen molar-refractivity contribution in [2.75, 3.05) is 4.90 Å². The van der Waals surface area contributed by atoms with Crippen molar-refractivity contribution in [1.29, 1.82) is 0 Å². The molecule has 3 aromatic heterocycles. The normalized spacial score (nSPS) is 11.9. The maximum absolute atomic E-state index is 7.10. The molecule has 0 saturated heterocycles. The summed E-state index contributed by atoms with van der Waals surface area (Å²) >= 11 is 0. The summed E-state index contributed by atoms with van der Waals surface area (Å²) in [5.74, 6) is 0. The van der Waals surface area contributed by atoms with E-state index in [2.05, 4.69) is 169 Å². The second kappa shape index (κ2) is 12.0. The van der Waals surface area contributed by atoms with Gasteiger partial charge in [-0.25, -0.2) is 0 Å². The van der Waals surface area contributed by atoms with Gasteiger partial charge < -0.3 is 18.2 Å². The lowest BCUT2D eigenvalue weighted by Gasteiger charge is -2.27. The molecule has 0 aliphatic heterocycles. The van der Waals surface area contributed by atoms with Gasteiger partial charge in [0.1, 0.15) is 27.9 Å². The molecule has 56 heavy (non-hydrogen) atoms. The van der Waals surface area contributed by atoms with Crippen LogP contribution in [0.3, 0.4) is 0 Å². The summed E-state index contributed by atoms with van der Waals surface area (Å²) in [5, 5.41) is 8.68. The first-order chi connectivity index (χ1) is 27.8. The van der Waals surface area contributed by atoms with Crippen LogP contribution in [0, 0.1) is 0 Å². The standard InChI is InChI=1S/C52H31NO3/c1-2-14-33(15-3-1)37-17-6-9-21-43(37)53(44-22-12-20-40-38-18-7-10-23-45(38)55-51(40)44)36-27-28-39-42-31-48-50(41-19-8-11-24-46(41)54-48)49(52(42)56-47(39)30-36)35-26-25-32-13-4-5-16-34(32)29-35/h1-31H. The number of benzene rings is 9. The van der Waals surface area contributed by atoms with E-state index in [1.165, 1.54) is 10.8 Å². The Hall–Kier alpha value is -7.56. The summed E-state index contributed by atoms with van der Waals surface area (Å²) < 4.78 is 20.3. The van der Waals surface area contributed by atoms with Crippen LogP contribution in [0.1, 0.15) is 0 Å². The molecular weight excluding hydrogens is 687 g/mol. The molecule has 0 aliphatic carbocycles. The van der Waals surface area contributed by atoms with E-state index in [1.54, 1.807) is 0 Å². The zero-order chi connectivity index (χ0) is 36.7. The van der Waals surface area contributed by atoms with E-state index in [0.29, 0.717) is 0 Å². The number of hydrogen-bond donors (Lipinski definition) is 0. The van der Waals surface area contributed by atoms with Gasteiger partial charge in [0, 0.05) is 49.5 Å². The molecule has 0 fully saturated rings. The topological polar surface area (TPSA) is 42.7 Å². The molecule has 0 spiro atoms. The van der Waals surface area contributed by atoms with Gasteiger partial charge in [-0.1, -0.05) is 133 Å². The van der Waals surface area contributed by atoms with Gasteiger partial charge in [-0.05, 0) is 70.4 Å². The Morgan fingerprint density at radius 2 is 1.02 bits per heavy atom.